The number of aromatic amines is 1. The van der Waals surface area contributed by atoms with E-state index in [1.165, 1.54) is 6.21 Å². The molecule has 0 amide bonds. The molecule has 0 spiro atoms. The first-order chi connectivity index (χ1) is 16.0. The van der Waals surface area contributed by atoms with E-state index < -0.39 is 17.2 Å². The standard InChI is InChI=1S/C25H18N4O4/c30-23-20-6-1-3-7-21(20)27-25(33)29(23)26-13-18-15-28(22-8-4-2-5-19(18)22)14-16-9-11-17(12-10-16)24(31)32/h1-13,15H,14H2,(H,27,33)(H,31,32). The molecule has 0 unspecified atom stereocenters. The van der Waals surface area contributed by atoms with Crippen LogP contribution in [-0.2, 0) is 6.54 Å². The molecule has 8 nitrogen and oxygen atoms in total. The Morgan fingerprint density at radius 3 is 2.39 bits per heavy atom. The molecule has 5 rings (SSSR count). The van der Waals surface area contributed by atoms with E-state index in [2.05, 4.69) is 10.1 Å². The van der Waals surface area contributed by atoms with Gasteiger partial charge in [-0.2, -0.15) is 5.10 Å². The minimum absolute atomic E-state index is 0.231. The Kier molecular flexibility index (Phi) is 4.95. The van der Waals surface area contributed by atoms with Crippen LogP contribution in [0.1, 0.15) is 21.5 Å². The molecule has 3 aromatic carbocycles. The fraction of sp³-hybridized carbons (Fsp3) is 0.0400. The molecule has 33 heavy (non-hydrogen) atoms. The highest BCUT2D eigenvalue weighted by molar-refractivity contribution is 5.99. The van der Waals surface area contributed by atoms with Crippen LogP contribution < -0.4 is 11.2 Å². The van der Waals surface area contributed by atoms with Crippen LogP contribution in [0.3, 0.4) is 0 Å². The number of nitrogens with one attached hydrogen (secondary N) is 1. The highest BCUT2D eigenvalue weighted by Gasteiger charge is 2.10. The number of rotatable bonds is 5. The summed E-state index contributed by atoms with van der Waals surface area (Å²) in [4.78, 5) is 38.9. The molecule has 0 aliphatic rings. The van der Waals surface area contributed by atoms with Crippen molar-refractivity contribution in [2.45, 2.75) is 6.54 Å². The Morgan fingerprint density at radius 1 is 0.939 bits per heavy atom. The van der Waals surface area contributed by atoms with Crippen molar-refractivity contribution in [2.24, 2.45) is 5.10 Å². The molecule has 0 atom stereocenters. The van der Waals surface area contributed by atoms with Crippen molar-refractivity contribution in [3.63, 3.8) is 0 Å². The number of hydrogen-bond donors (Lipinski definition) is 2. The van der Waals surface area contributed by atoms with Crippen LogP contribution in [0.2, 0.25) is 0 Å². The third-order valence-corrected chi connectivity index (χ3v) is 5.47. The number of para-hydroxylation sites is 2. The van der Waals surface area contributed by atoms with Gasteiger partial charge in [0.1, 0.15) is 0 Å². The average Bonchev–Trinajstić information content (AvgIpc) is 3.17. The van der Waals surface area contributed by atoms with Gasteiger partial charge in [-0.1, -0.05) is 42.5 Å². The fourth-order valence-corrected chi connectivity index (χ4v) is 3.84. The number of carboxylic acids is 1. The van der Waals surface area contributed by atoms with Crippen LogP contribution in [0.25, 0.3) is 21.8 Å². The lowest BCUT2D eigenvalue weighted by atomic mass is 10.1. The summed E-state index contributed by atoms with van der Waals surface area (Å²) in [5.41, 5.74) is 2.21. The van der Waals surface area contributed by atoms with E-state index in [4.69, 9.17) is 5.11 Å². The highest BCUT2D eigenvalue weighted by atomic mass is 16.4. The zero-order chi connectivity index (χ0) is 22.9. The second-order valence-electron chi connectivity index (χ2n) is 7.57. The lowest BCUT2D eigenvalue weighted by molar-refractivity contribution is 0.0697. The van der Waals surface area contributed by atoms with E-state index in [-0.39, 0.29) is 5.56 Å². The van der Waals surface area contributed by atoms with E-state index in [9.17, 15) is 14.4 Å². The predicted molar refractivity (Wildman–Crippen MR) is 126 cm³/mol. The number of fused-ring (bicyclic) bond motifs is 2. The van der Waals surface area contributed by atoms with E-state index in [1.54, 1.807) is 48.5 Å². The first-order valence-corrected chi connectivity index (χ1v) is 10.2. The molecule has 0 radical (unpaired) electrons. The van der Waals surface area contributed by atoms with Gasteiger partial charge < -0.3 is 14.7 Å². The maximum atomic E-state index is 12.7. The summed E-state index contributed by atoms with van der Waals surface area (Å²) in [6, 6.07) is 21.2. The quantitative estimate of drug-likeness (QED) is 0.411. The lowest BCUT2D eigenvalue weighted by Gasteiger charge is -2.06. The van der Waals surface area contributed by atoms with Crippen LogP contribution in [0, 0.1) is 0 Å². The summed E-state index contributed by atoms with van der Waals surface area (Å²) in [6.45, 7) is 0.519. The second kappa shape index (κ2) is 8.08. The van der Waals surface area contributed by atoms with Crippen LogP contribution in [0.4, 0.5) is 0 Å². The minimum atomic E-state index is -0.967. The SMILES string of the molecule is O=C(O)c1ccc(Cn2cc(C=Nn3c(=O)[nH]c4ccccc4c3=O)c3ccccc32)cc1. The molecule has 0 fully saturated rings. The van der Waals surface area contributed by atoms with Gasteiger partial charge in [-0.05, 0) is 35.9 Å². The molecular formula is C25H18N4O4. The average molecular weight is 438 g/mol. The molecular weight excluding hydrogens is 420 g/mol. The van der Waals surface area contributed by atoms with Crippen molar-refractivity contribution in [1.29, 1.82) is 0 Å². The van der Waals surface area contributed by atoms with Gasteiger partial charge in [0, 0.05) is 29.2 Å². The first kappa shape index (κ1) is 20.2. The molecule has 0 bridgehead atoms. The maximum Gasteiger partial charge on any atom is 0.349 e. The number of carboxylic acid groups (broad SMARTS) is 1. The third kappa shape index (κ3) is 3.74. The minimum Gasteiger partial charge on any atom is -0.478 e. The van der Waals surface area contributed by atoms with E-state index in [1.807, 2.05) is 35.0 Å². The number of hydrogen-bond acceptors (Lipinski definition) is 4. The topological polar surface area (TPSA) is 109 Å². The van der Waals surface area contributed by atoms with Gasteiger partial charge in [-0.15, -0.1) is 4.68 Å². The number of aromatic nitrogens is 3. The van der Waals surface area contributed by atoms with Crippen LogP contribution in [0.5, 0.6) is 0 Å². The Morgan fingerprint density at radius 2 is 1.64 bits per heavy atom. The summed E-state index contributed by atoms with van der Waals surface area (Å²) < 4.78 is 2.83. The lowest BCUT2D eigenvalue weighted by Crippen LogP contribution is -2.32. The van der Waals surface area contributed by atoms with Gasteiger partial charge in [0.25, 0.3) is 5.56 Å². The van der Waals surface area contributed by atoms with E-state index in [0.717, 1.165) is 26.7 Å². The largest absolute Gasteiger partial charge is 0.478 e. The van der Waals surface area contributed by atoms with Crippen molar-refractivity contribution in [1.82, 2.24) is 14.2 Å². The molecule has 0 saturated carbocycles. The van der Waals surface area contributed by atoms with Gasteiger partial charge in [0.05, 0.1) is 22.7 Å². The third-order valence-electron chi connectivity index (χ3n) is 5.47. The number of aromatic carboxylic acids is 1. The van der Waals surface area contributed by atoms with Crippen LogP contribution >= 0.6 is 0 Å². The number of H-pyrrole nitrogens is 1. The van der Waals surface area contributed by atoms with Crippen LogP contribution in [0.15, 0.2) is 93.7 Å². The maximum absolute atomic E-state index is 12.7. The molecule has 162 valence electrons. The van der Waals surface area contributed by atoms with E-state index in [0.29, 0.717) is 17.4 Å². The van der Waals surface area contributed by atoms with Gasteiger partial charge in [-0.25, -0.2) is 9.59 Å². The number of carbonyl (C=O) groups is 1. The van der Waals surface area contributed by atoms with Crippen molar-refractivity contribution < 1.29 is 9.90 Å². The Balaban J connectivity index is 1.54. The Hall–Kier alpha value is -4.72. The zero-order valence-electron chi connectivity index (χ0n) is 17.3. The summed E-state index contributed by atoms with van der Waals surface area (Å²) >= 11 is 0. The zero-order valence-corrected chi connectivity index (χ0v) is 17.3. The summed E-state index contributed by atoms with van der Waals surface area (Å²) in [7, 11) is 0. The molecule has 2 N–H and O–H groups in total. The molecule has 2 heterocycles. The Bertz CT molecular complexity index is 1660. The van der Waals surface area contributed by atoms with E-state index >= 15 is 0 Å². The molecule has 0 aliphatic heterocycles. The Labute approximate surface area is 186 Å². The van der Waals surface area contributed by atoms with Crippen molar-refractivity contribution in [2.75, 3.05) is 0 Å². The number of benzene rings is 3. The van der Waals surface area contributed by atoms with Crippen LogP contribution in [-0.4, -0.2) is 31.5 Å². The molecule has 5 aromatic rings. The smallest absolute Gasteiger partial charge is 0.349 e. The van der Waals surface area contributed by atoms with Gasteiger partial charge in [0.15, 0.2) is 0 Å². The second-order valence-corrected chi connectivity index (χ2v) is 7.57. The highest BCUT2D eigenvalue weighted by Crippen LogP contribution is 2.21. The van der Waals surface area contributed by atoms with Gasteiger partial charge >= 0.3 is 11.7 Å². The molecule has 0 aliphatic carbocycles. The molecule has 8 heteroatoms. The first-order valence-electron chi connectivity index (χ1n) is 10.2. The van der Waals surface area contributed by atoms with Gasteiger partial charge in [0.2, 0.25) is 0 Å². The summed E-state index contributed by atoms with van der Waals surface area (Å²) in [5.74, 6) is -0.967. The van der Waals surface area contributed by atoms with Crippen molar-refractivity contribution >= 4 is 34.0 Å². The van der Waals surface area contributed by atoms with Crippen molar-refractivity contribution in [3.8, 4) is 0 Å². The monoisotopic (exact) mass is 438 g/mol. The summed E-state index contributed by atoms with van der Waals surface area (Å²) in [6.07, 6.45) is 3.39. The van der Waals surface area contributed by atoms with Crippen molar-refractivity contribution in [3.05, 3.63) is 117 Å². The fourth-order valence-electron chi connectivity index (χ4n) is 3.84. The van der Waals surface area contributed by atoms with Gasteiger partial charge in [-0.3, -0.25) is 4.79 Å². The summed E-state index contributed by atoms with van der Waals surface area (Å²) in [5, 5.41) is 14.6. The normalized spacial score (nSPS) is 11.5. The number of nitrogens with zero attached hydrogens (tertiary/aromatic N) is 3. The predicted octanol–water partition coefficient (Wildman–Crippen LogP) is 3.27. The molecule has 2 aromatic heterocycles. The molecule has 0 saturated heterocycles.